The van der Waals surface area contributed by atoms with E-state index in [9.17, 15) is 29.4 Å². The number of primary amides is 2. The first kappa shape index (κ1) is 14.8. The Morgan fingerprint density at radius 3 is 1.18 bits per heavy atom. The first-order valence-electron chi connectivity index (χ1n) is 4.01. The van der Waals surface area contributed by atoms with E-state index in [1.54, 1.807) is 0 Å². The zero-order valence-electron chi connectivity index (χ0n) is 8.23. The van der Waals surface area contributed by atoms with Crippen molar-refractivity contribution in [2.75, 3.05) is 0 Å². The highest BCUT2D eigenvalue weighted by molar-refractivity contribution is 6.08. The SMILES string of the molecule is NC(=O)C(O)C(C(=O)O)(C(=O)O)C(O)C(N)=O. The number of carboxylic acids is 2. The Morgan fingerprint density at radius 1 is 0.824 bits per heavy atom. The summed E-state index contributed by atoms with van der Waals surface area (Å²) in [5.74, 6) is -8.14. The molecule has 0 bridgehead atoms. The van der Waals surface area contributed by atoms with E-state index in [4.69, 9.17) is 10.2 Å². The molecule has 0 saturated heterocycles. The average molecular weight is 250 g/mol. The van der Waals surface area contributed by atoms with E-state index in [-0.39, 0.29) is 0 Å². The summed E-state index contributed by atoms with van der Waals surface area (Å²) in [6.45, 7) is 0. The maximum absolute atomic E-state index is 10.8. The predicted molar refractivity (Wildman–Crippen MR) is 48.1 cm³/mol. The Balaban J connectivity index is 5.95. The van der Waals surface area contributed by atoms with Gasteiger partial charge in [-0.25, -0.2) is 0 Å². The van der Waals surface area contributed by atoms with Gasteiger partial charge >= 0.3 is 11.9 Å². The number of hydrogen-bond acceptors (Lipinski definition) is 6. The van der Waals surface area contributed by atoms with Crippen molar-refractivity contribution in [3.05, 3.63) is 0 Å². The normalized spacial score (nSPS) is 14.7. The second kappa shape index (κ2) is 4.76. The fourth-order valence-electron chi connectivity index (χ4n) is 1.16. The van der Waals surface area contributed by atoms with Gasteiger partial charge in [0.2, 0.25) is 17.2 Å². The molecule has 2 unspecified atom stereocenters. The molecule has 0 aliphatic carbocycles. The molecular weight excluding hydrogens is 240 g/mol. The van der Waals surface area contributed by atoms with Gasteiger partial charge in [0.25, 0.3) is 0 Å². The van der Waals surface area contributed by atoms with Crippen LogP contribution in [0.15, 0.2) is 0 Å². The fraction of sp³-hybridized carbons (Fsp3) is 0.429. The van der Waals surface area contributed by atoms with Gasteiger partial charge in [0.1, 0.15) is 0 Å². The standard InChI is InChI=1S/C7H10N2O8/c8-3(12)1(10)7(5(14)15,6(16)17)2(11)4(9)13/h1-2,10-11H,(H2,8,12)(H2,9,13)(H,14,15)(H,16,17). The highest BCUT2D eigenvalue weighted by Gasteiger charge is 2.62. The first-order valence-corrected chi connectivity index (χ1v) is 4.01. The second-order valence-electron chi connectivity index (χ2n) is 3.09. The van der Waals surface area contributed by atoms with Crippen LogP contribution >= 0.6 is 0 Å². The number of nitrogens with two attached hydrogens (primary N) is 2. The topological polar surface area (TPSA) is 201 Å². The van der Waals surface area contributed by atoms with Crippen molar-refractivity contribution in [1.82, 2.24) is 0 Å². The molecule has 0 aromatic heterocycles. The van der Waals surface area contributed by atoms with Crippen LogP contribution < -0.4 is 11.5 Å². The monoisotopic (exact) mass is 250 g/mol. The van der Waals surface area contributed by atoms with Crippen LogP contribution in [0, 0.1) is 5.41 Å². The quantitative estimate of drug-likeness (QED) is 0.255. The fourth-order valence-corrected chi connectivity index (χ4v) is 1.16. The van der Waals surface area contributed by atoms with Gasteiger partial charge in [-0.3, -0.25) is 19.2 Å². The summed E-state index contributed by atoms with van der Waals surface area (Å²) in [6.07, 6.45) is -5.67. The molecule has 0 spiro atoms. The van der Waals surface area contributed by atoms with Gasteiger partial charge in [-0.1, -0.05) is 0 Å². The smallest absolute Gasteiger partial charge is 0.327 e. The average Bonchev–Trinajstić information content (AvgIpc) is 2.16. The van der Waals surface area contributed by atoms with Crippen LogP contribution in [0.4, 0.5) is 0 Å². The number of rotatable bonds is 6. The number of hydrogen-bond donors (Lipinski definition) is 6. The van der Waals surface area contributed by atoms with Crippen molar-refractivity contribution in [3.63, 3.8) is 0 Å². The zero-order chi connectivity index (χ0) is 14.0. The molecule has 10 nitrogen and oxygen atoms in total. The summed E-state index contributed by atoms with van der Waals surface area (Å²) in [5.41, 5.74) is 5.57. The Labute approximate surface area is 93.4 Å². The van der Waals surface area contributed by atoms with Gasteiger partial charge in [0.05, 0.1) is 0 Å². The molecule has 8 N–H and O–H groups in total. The van der Waals surface area contributed by atoms with Crippen LogP contribution in [-0.2, 0) is 19.2 Å². The Morgan fingerprint density at radius 2 is 1.06 bits per heavy atom. The van der Waals surface area contributed by atoms with Crippen LogP contribution in [-0.4, -0.2) is 56.4 Å². The summed E-state index contributed by atoms with van der Waals surface area (Å²) >= 11 is 0. The second-order valence-corrected chi connectivity index (χ2v) is 3.09. The van der Waals surface area contributed by atoms with Crippen molar-refractivity contribution >= 4 is 23.8 Å². The lowest BCUT2D eigenvalue weighted by Gasteiger charge is -2.30. The summed E-state index contributed by atoms with van der Waals surface area (Å²) < 4.78 is 0. The number of aliphatic hydroxyl groups excluding tert-OH is 2. The van der Waals surface area contributed by atoms with Crippen LogP contribution in [0.2, 0.25) is 0 Å². The maximum Gasteiger partial charge on any atom is 0.327 e. The van der Waals surface area contributed by atoms with Gasteiger partial charge in [-0.2, -0.15) is 0 Å². The van der Waals surface area contributed by atoms with Gasteiger partial charge in [0, 0.05) is 0 Å². The van der Waals surface area contributed by atoms with E-state index < -0.39 is 41.4 Å². The molecule has 0 rings (SSSR count). The predicted octanol–water partition coefficient (Wildman–Crippen LogP) is -4.17. The molecule has 0 aliphatic rings. The summed E-state index contributed by atoms with van der Waals surface area (Å²) in [4.78, 5) is 43.0. The minimum Gasteiger partial charge on any atom is -0.480 e. The van der Waals surface area contributed by atoms with Gasteiger partial charge in [-0.05, 0) is 0 Å². The lowest BCUT2D eigenvalue weighted by Crippen LogP contribution is -2.63. The molecule has 0 radical (unpaired) electrons. The molecule has 0 fully saturated rings. The third-order valence-electron chi connectivity index (χ3n) is 2.11. The number of aliphatic hydroxyl groups is 2. The lowest BCUT2D eigenvalue weighted by molar-refractivity contribution is -0.190. The highest BCUT2D eigenvalue weighted by atomic mass is 16.4. The van der Waals surface area contributed by atoms with Crippen molar-refractivity contribution in [1.29, 1.82) is 0 Å². The van der Waals surface area contributed by atoms with Crippen LogP contribution in [0.3, 0.4) is 0 Å². The van der Waals surface area contributed by atoms with Gasteiger partial charge in [-0.15, -0.1) is 0 Å². The molecule has 0 aromatic carbocycles. The van der Waals surface area contributed by atoms with E-state index in [0.29, 0.717) is 0 Å². The lowest BCUT2D eigenvalue weighted by atomic mass is 9.76. The molecule has 96 valence electrons. The molecule has 0 saturated carbocycles. The third-order valence-corrected chi connectivity index (χ3v) is 2.11. The van der Waals surface area contributed by atoms with Crippen molar-refractivity contribution in [3.8, 4) is 0 Å². The molecule has 0 heterocycles. The van der Waals surface area contributed by atoms with E-state index in [0.717, 1.165) is 0 Å². The highest BCUT2D eigenvalue weighted by Crippen LogP contribution is 2.28. The molecule has 2 atom stereocenters. The first-order chi connectivity index (χ1) is 7.59. The van der Waals surface area contributed by atoms with Crippen molar-refractivity contribution in [2.24, 2.45) is 16.9 Å². The largest absolute Gasteiger partial charge is 0.480 e. The Kier molecular flexibility index (Phi) is 4.14. The molecule has 0 aliphatic heterocycles. The van der Waals surface area contributed by atoms with Gasteiger partial charge < -0.3 is 31.9 Å². The number of carboxylic acid groups (broad SMARTS) is 2. The minimum absolute atomic E-state index is 1.74. The summed E-state index contributed by atoms with van der Waals surface area (Å²) in [6, 6.07) is 0. The van der Waals surface area contributed by atoms with Crippen LogP contribution in [0.1, 0.15) is 0 Å². The Hall–Kier alpha value is -2.20. The Bertz CT molecular complexity index is 342. The van der Waals surface area contributed by atoms with Crippen molar-refractivity contribution < 1.29 is 39.6 Å². The summed E-state index contributed by atoms with van der Waals surface area (Å²) in [5, 5.41) is 35.8. The van der Waals surface area contributed by atoms with E-state index in [1.807, 2.05) is 0 Å². The summed E-state index contributed by atoms with van der Waals surface area (Å²) in [7, 11) is 0. The zero-order valence-corrected chi connectivity index (χ0v) is 8.23. The van der Waals surface area contributed by atoms with E-state index in [1.165, 1.54) is 0 Å². The number of carbonyl (C=O) groups excluding carboxylic acids is 2. The molecule has 2 amide bonds. The van der Waals surface area contributed by atoms with Crippen LogP contribution in [0.5, 0.6) is 0 Å². The molecular formula is C7H10N2O8. The maximum atomic E-state index is 10.8. The minimum atomic E-state index is -3.54. The number of aliphatic carboxylic acids is 2. The van der Waals surface area contributed by atoms with Gasteiger partial charge in [0.15, 0.2) is 12.2 Å². The van der Waals surface area contributed by atoms with E-state index in [2.05, 4.69) is 11.5 Å². The number of carbonyl (C=O) groups is 4. The molecule has 17 heavy (non-hydrogen) atoms. The molecule has 10 heteroatoms. The van der Waals surface area contributed by atoms with E-state index >= 15 is 0 Å². The molecule has 0 aromatic rings. The van der Waals surface area contributed by atoms with Crippen LogP contribution in [0.25, 0.3) is 0 Å². The number of amides is 2. The van der Waals surface area contributed by atoms with Crippen molar-refractivity contribution in [2.45, 2.75) is 12.2 Å². The third kappa shape index (κ3) is 2.16.